The summed E-state index contributed by atoms with van der Waals surface area (Å²) in [4.78, 5) is 20.4. The maximum absolute atomic E-state index is 11.9. The molecular weight excluding hydrogens is 340 g/mol. The summed E-state index contributed by atoms with van der Waals surface area (Å²) < 4.78 is 10.4. The van der Waals surface area contributed by atoms with Gasteiger partial charge in [0.1, 0.15) is 11.5 Å². The molecule has 0 atom stereocenters. The number of thioether (sulfide) groups is 1. The first-order valence-electron chi connectivity index (χ1n) is 7.51. The van der Waals surface area contributed by atoms with Crippen molar-refractivity contribution in [3.05, 3.63) is 41.2 Å². The van der Waals surface area contributed by atoms with Gasteiger partial charge in [0, 0.05) is 23.0 Å². The number of rotatable bonds is 7. The topological polar surface area (TPSA) is 85.7 Å². The Morgan fingerprint density at radius 1 is 1.20 bits per heavy atom. The van der Waals surface area contributed by atoms with Crippen molar-refractivity contribution in [2.24, 2.45) is 5.10 Å². The predicted molar refractivity (Wildman–Crippen MR) is 97.5 cm³/mol. The lowest BCUT2D eigenvalue weighted by atomic mass is 10.2. The third kappa shape index (κ3) is 5.75. The lowest BCUT2D eigenvalue weighted by molar-refractivity contribution is -0.118. The van der Waals surface area contributed by atoms with Crippen LogP contribution >= 0.6 is 11.8 Å². The number of nitrogens with zero attached hydrogens (tertiary/aromatic N) is 3. The van der Waals surface area contributed by atoms with Crippen molar-refractivity contribution >= 4 is 23.9 Å². The predicted octanol–water partition coefficient (Wildman–Crippen LogP) is 2.35. The lowest BCUT2D eigenvalue weighted by Crippen LogP contribution is -2.19. The number of ether oxygens (including phenoxy) is 2. The van der Waals surface area contributed by atoms with Crippen LogP contribution in [0.1, 0.15) is 17.0 Å². The number of aromatic nitrogens is 2. The zero-order chi connectivity index (χ0) is 18.2. The van der Waals surface area contributed by atoms with Gasteiger partial charge in [-0.25, -0.2) is 15.4 Å². The smallest absolute Gasteiger partial charge is 0.250 e. The number of methoxy groups -OCH3 is 2. The fourth-order valence-electron chi connectivity index (χ4n) is 2.02. The highest BCUT2D eigenvalue weighted by Crippen LogP contribution is 2.23. The van der Waals surface area contributed by atoms with Gasteiger partial charge in [0.15, 0.2) is 5.16 Å². The average molecular weight is 360 g/mol. The second-order valence-corrected chi connectivity index (χ2v) is 6.07. The van der Waals surface area contributed by atoms with Gasteiger partial charge in [0.2, 0.25) is 0 Å². The van der Waals surface area contributed by atoms with Crippen molar-refractivity contribution < 1.29 is 14.3 Å². The first-order valence-corrected chi connectivity index (χ1v) is 8.49. The molecule has 2 rings (SSSR count). The highest BCUT2D eigenvalue weighted by atomic mass is 32.2. The summed E-state index contributed by atoms with van der Waals surface area (Å²) in [6.07, 6.45) is 1.52. The molecule has 0 unspecified atom stereocenters. The Morgan fingerprint density at radius 3 is 2.56 bits per heavy atom. The second kappa shape index (κ2) is 9.03. The number of hydrogen-bond donors (Lipinski definition) is 1. The summed E-state index contributed by atoms with van der Waals surface area (Å²) in [5.41, 5.74) is 4.96. The molecule has 1 N–H and O–H groups in total. The fraction of sp³-hybridized carbons (Fsp3) is 0.294. The molecule has 0 aliphatic heterocycles. The molecule has 132 valence electrons. The third-order valence-corrected chi connectivity index (χ3v) is 3.97. The second-order valence-electron chi connectivity index (χ2n) is 5.12. The van der Waals surface area contributed by atoms with Crippen molar-refractivity contribution in [1.82, 2.24) is 15.4 Å². The number of carbonyl (C=O) groups is 1. The zero-order valence-corrected chi connectivity index (χ0v) is 15.4. The van der Waals surface area contributed by atoms with Crippen molar-refractivity contribution in [2.75, 3.05) is 20.0 Å². The molecule has 8 heteroatoms. The van der Waals surface area contributed by atoms with Crippen LogP contribution < -0.4 is 14.9 Å². The van der Waals surface area contributed by atoms with E-state index in [4.69, 9.17) is 9.47 Å². The van der Waals surface area contributed by atoms with Crippen LogP contribution in [0.3, 0.4) is 0 Å². The highest BCUT2D eigenvalue weighted by Gasteiger charge is 2.06. The van der Waals surface area contributed by atoms with Gasteiger partial charge in [-0.1, -0.05) is 11.8 Å². The molecule has 0 bridgehead atoms. The number of hydrazone groups is 1. The van der Waals surface area contributed by atoms with Crippen LogP contribution in [0.4, 0.5) is 0 Å². The van der Waals surface area contributed by atoms with E-state index in [0.717, 1.165) is 17.0 Å². The van der Waals surface area contributed by atoms with E-state index in [9.17, 15) is 4.79 Å². The Balaban J connectivity index is 1.90. The van der Waals surface area contributed by atoms with Gasteiger partial charge >= 0.3 is 0 Å². The van der Waals surface area contributed by atoms with Gasteiger partial charge in [-0.05, 0) is 32.0 Å². The number of benzene rings is 1. The van der Waals surface area contributed by atoms with Gasteiger partial charge in [-0.15, -0.1) is 0 Å². The number of aryl methyl sites for hydroxylation is 2. The van der Waals surface area contributed by atoms with Crippen LogP contribution in [0, 0.1) is 13.8 Å². The van der Waals surface area contributed by atoms with E-state index in [1.54, 1.807) is 32.4 Å². The van der Waals surface area contributed by atoms with E-state index >= 15 is 0 Å². The maximum Gasteiger partial charge on any atom is 0.250 e. The molecule has 1 heterocycles. The van der Waals surface area contributed by atoms with Gasteiger partial charge in [0.25, 0.3) is 5.91 Å². The van der Waals surface area contributed by atoms with Crippen LogP contribution in [0.25, 0.3) is 0 Å². The van der Waals surface area contributed by atoms with E-state index in [2.05, 4.69) is 20.5 Å². The molecule has 1 aromatic heterocycles. The average Bonchev–Trinajstić information content (AvgIpc) is 2.59. The summed E-state index contributed by atoms with van der Waals surface area (Å²) in [6.45, 7) is 3.79. The molecule has 0 radical (unpaired) electrons. The third-order valence-electron chi connectivity index (χ3n) is 3.13. The van der Waals surface area contributed by atoms with Crippen molar-refractivity contribution in [1.29, 1.82) is 0 Å². The normalized spacial score (nSPS) is 10.7. The van der Waals surface area contributed by atoms with Gasteiger partial charge < -0.3 is 9.47 Å². The van der Waals surface area contributed by atoms with E-state index in [0.29, 0.717) is 16.7 Å². The number of carbonyl (C=O) groups excluding carboxylic acids is 1. The quantitative estimate of drug-likeness (QED) is 0.353. The largest absolute Gasteiger partial charge is 0.497 e. The molecule has 0 fully saturated rings. The van der Waals surface area contributed by atoms with Crippen molar-refractivity contribution in [2.45, 2.75) is 19.0 Å². The summed E-state index contributed by atoms with van der Waals surface area (Å²) in [7, 11) is 3.14. The first-order chi connectivity index (χ1) is 12.0. The van der Waals surface area contributed by atoms with Crippen LogP contribution in [-0.4, -0.2) is 42.1 Å². The molecule has 0 saturated heterocycles. The Labute approximate surface area is 150 Å². The Morgan fingerprint density at radius 2 is 1.92 bits per heavy atom. The highest BCUT2D eigenvalue weighted by molar-refractivity contribution is 7.99. The lowest BCUT2D eigenvalue weighted by Gasteiger charge is -2.07. The number of hydrogen-bond acceptors (Lipinski definition) is 7. The van der Waals surface area contributed by atoms with E-state index in [-0.39, 0.29) is 11.7 Å². The summed E-state index contributed by atoms with van der Waals surface area (Å²) in [5, 5.41) is 4.53. The number of amides is 1. The van der Waals surface area contributed by atoms with Gasteiger partial charge in [0.05, 0.1) is 26.2 Å². The molecule has 1 aromatic carbocycles. The van der Waals surface area contributed by atoms with E-state index < -0.39 is 0 Å². The SMILES string of the molecule is COc1ccc(C=NNC(=O)CSc2nc(C)cc(C)n2)c(OC)c1. The van der Waals surface area contributed by atoms with Crippen molar-refractivity contribution in [3.63, 3.8) is 0 Å². The molecule has 0 aliphatic rings. The monoisotopic (exact) mass is 360 g/mol. The van der Waals surface area contributed by atoms with Gasteiger partial charge in [-0.2, -0.15) is 5.10 Å². The minimum atomic E-state index is -0.239. The molecule has 0 saturated carbocycles. The van der Waals surface area contributed by atoms with Crippen LogP contribution in [-0.2, 0) is 4.79 Å². The minimum absolute atomic E-state index is 0.181. The number of nitrogens with one attached hydrogen (secondary N) is 1. The maximum atomic E-state index is 11.9. The molecule has 2 aromatic rings. The van der Waals surface area contributed by atoms with E-state index in [1.807, 2.05) is 19.9 Å². The van der Waals surface area contributed by atoms with E-state index in [1.165, 1.54) is 18.0 Å². The molecule has 1 amide bonds. The standard InChI is InChI=1S/C17H20N4O3S/c1-11-7-12(2)20-17(19-11)25-10-16(22)21-18-9-13-5-6-14(23-3)8-15(13)24-4/h5-9H,10H2,1-4H3,(H,21,22). The summed E-state index contributed by atoms with van der Waals surface area (Å²) >= 11 is 1.27. The Bertz CT molecular complexity index is 760. The van der Waals surface area contributed by atoms with Crippen LogP contribution in [0.15, 0.2) is 34.5 Å². The zero-order valence-electron chi connectivity index (χ0n) is 14.6. The molecular formula is C17H20N4O3S. The van der Waals surface area contributed by atoms with Crippen LogP contribution in [0.5, 0.6) is 11.5 Å². The molecule has 7 nitrogen and oxygen atoms in total. The van der Waals surface area contributed by atoms with Crippen molar-refractivity contribution in [3.8, 4) is 11.5 Å². The first kappa shape index (κ1) is 18.7. The minimum Gasteiger partial charge on any atom is -0.497 e. The van der Waals surface area contributed by atoms with Crippen LogP contribution in [0.2, 0.25) is 0 Å². The molecule has 25 heavy (non-hydrogen) atoms. The molecule has 0 aliphatic carbocycles. The Hall–Kier alpha value is -2.61. The fourth-order valence-corrected chi connectivity index (χ4v) is 2.76. The molecule has 0 spiro atoms. The van der Waals surface area contributed by atoms with Gasteiger partial charge in [-0.3, -0.25) is 4.79 Å². The summed E-state index contributed by atoms with van der Waals surface area (Å²) in [6, 6.07) is 7.22. The Kier molecular flexibility index (Phi) is 6.76. The summed E-state index contributed by atoms with van der Waals surface area (Å²) in [5.74, 6) is 1.23.